The minimum absolute atomic E-state index is 0.0216. The zero-order valence-corrected chi connectivity index (χ0v) is 13.0. The van der Waals surface area contributed by atoms with Gasteiger partial charge in [0, 0.05) is 17.6 Å². The van der Waals surface area contributed by atoms with E-state index < -0.39 is 0 Å². The summed E-state index contributed by atoms with van der Waals surface area (Å²) < 4.78 is 5.12. The van der Waals surface area contributed by atoms with E-state index in [4.69, 9.17) is 4.74 Å². The fourth-order valence-electron chi connectivity index (χ4n) is 2.60. The predicted octanol–water partition coefficient (Wildman–Crippen LogP) is 3.71. The molecule has 0 saturated carbocycles. The van der Waals surface area contributed by atoms with E-state index in [2.05, 4.69) is 39.9 Å². The molecule has 3 heteroatoms. The summed E-state index contributed by atoms with van der Waals surface area (Å²) in [5.41, 5.74) is 1.15. The molecule has 1 aromatic rings. The number of hydrogen-bond donors (Lipinski definition) is 2. The van der Waals surface area contributed by atoms with E-state index in [1.165, 1.54) is 0 Å². The first kappa shape index (κ1) is 15.8. The molecular weight excluding hydrogens is 238 g/mol. The molecule has 1 rings (SSSR count). The summed E-state index contributed by atoms with van der Waals surface area (Å²) in [6, 6.07) is 5.57. The Morgan fingerprint density at radius 2 is 1.79 bits per heavy atom. The first-order valence-electron chi connectivity index (χ1n) is 6.74. The monoisotopic (exact) mass is 265 g/mol. The van der Waals surface area contributed by atoms with Gasteiger partial charge in [0.2, 0.25) is 0 Å². The number of phenols is 1. The number of methoxy groups -OCH3 is 1. The number of aromatic hydroxyl groups is 1. The Balaban J connectivity index is 2.71. The van der Waals surface area contributed by atoms with Crippen LogP contribution < -0.4 is 10.1 Å². The van der Waals surface area contributed by atoms with Gasteiger partial charge in [-0.3, -0.25) is 0 Å². The van der Waals surface area contributed by atoms with Gasteiger partial charge in [-0.2, -0.15) is 0 Å². The molecule has 19 heavy (non-hydrogen) atoms. The molecule has 1 aromatic carbocycles. The smallest absolute Gasteiger partial charge is 0.162 e. The number of ether oxygens (including phenoxy) is 1. The van der Waals surface area contributed by atoms with Crippen LogP contribution in [0.5, 0.6) is 11.5 Å². The van der Waals surface area contributed by atoms with E-state index in [0.29, 0.717) is 12.3 Å². The number of benzene rings is 1. The van der Waals surface area contributed by atoms with Gasteiger partial charge in [0.05, 0.1) is 7.11 Å². The molecule has 0 spiro atoms. The quantitative estimate of drug-likeness (QED) is 0.853. The van der Waals surface area contributed by atoms with Gasteiger partial charge in [0.1, 0.15) is 0 Å². The Labute approximate surface area is 117 Å². The van der Waals surface area contributed by atoms with Crippen LogP contribution in [-0.4, -0.2) is 17.8 Å². The summed E-state index contributed by atoms with van der Waals surface area (Å²) in [4.78, 5) is 0. The first-order valence-corrected chi connectivity index (χ1v) is 6.74. The predicted molar refractivity (Wildman–Crippen MR) is 79.6 cm³/mol. The van der Waals surface area contributed by atoms with Gasteiger partial charge in [0.15, 0.2) is 11.5 Å². The van der Waals surface area contributed by atoms with E-state index in [9.17, 15) is 5.11 Å². The molecule has 0 aromatic heterocycles. The Morgan fingerprint density at radius 1 is 1.16 bits per heavy atom. The second-order valence-corrected chi connectivity index (χ2v) is 6.94. The lowest BCUT2D eigenvalue weighted by Gasteiger charge is -2.33. The molecule has 2 N–H and O–H groups in total. The van der Waals surface area contributed by atoms with E-state index in [1.54, 1.807) is 13.2 Å². The highest BCUT2D eigenvalue weighted by molar-refractivity contribution is 5.45. The van der Waals surface area contributed by atoms with Crippen LogP contribution in [0.25, 0.3) is 0 Å². The maximum Gasteiger partial charge on any atom is 0.162 e. The molecule has 3 nitrogen and oxygen atoms in total. The van der Waals surface area contributed by atoms with Crippen LogP contribution in [0.4, 0.5) is 0 Å². The fraction of sp³-hybridized carbons (Fsp3) is 0.625. The van der Waals surface area contributed by atoms with Crippen molar-refractivity contribution < 1.29 is 9.84 Å². The van der Waals surface area contributed by atoms with Crippen molar-refractivity contribution in [1.82, 2.24) is 5.32 Å². The van der Waals surface area contributed by atoms with Crippen LogP contribution in [0.2, 0.25) is 0 Å². The second-order valence-electron chi connectivity index (χ2n) is 6.94. The molecule has 0 heterocycles. The molecule has 0 unspecified atom stereocenters. The average molecular weight is 265 g/mol. The highest BCUT2D eigenvalue weighted by atomic mass is 16.5. The summed E-state index contributed by atoms with van der Waals surface area (Å²) >= 11 is 0. The summed E-state index contributed by atoms with van der Waals surface area (Å²) in [5, 5.41) is 13.6. The molecule has 0 bridgehead atoms. The van der Waals surface area contributed by atoms with Gasteiger partial charge in [-0.1, -0.05) is 32.9 Å². The zero-order chi connectivity index (χ0) is 14.7. The molecule has 0 aliphatic rings. The SMILES string of the molecule is COc1cccc(CNC(C)(C)CC(C)(C)C)c1O. The lowest BCUT2D eigenvalue weighted by Crippen LogP contribution is -2.41. The first-order chi connectivity index (χ1) is 8.64. The Morgan fingerprint density at radius 3 is 2.32 bits per heavy atom. The highest BCUT2D eigenvalue weighted by Gasteiger charge is 2.25. The van der Waals surface area contributed by atoms with E-state index in [-0.39, 0.29) is 16.7 Å². The summed E-state index contributed by atoms with van der Waals surface area (Å²) in [5.74, 6) is 0.747. The van der Waals surface area contributed by atoms with Gasteiger partial charge < -0.3 is 15.2 Å². The van der Waals surface area contributed by atoms with E-state index in [0.717, 1.165) is 12.0 Å². The Kier molecular flexibility index (Phi) is 4.86. The van der Waals surface area contributed by atoms with Gasteiger partial charge >= 0.3 is 0 Å². The lowest BCUT2D eigenvalue weighted by molar-refractivity contribution is 0.240. The molecule has 0 saturated heterocycles. The van der Waals surface area contributed by atoms with Crippen molar-refractivity contribution in [2.24, 2.45) is 5.41 Å². The van der Waals surface area contributed by atoms with Crippen LogP contribution in [0.1, 0.15) is 46.6 Å². The van der Waals surface area contributed by atoms with Crippen molar-refractivity contribution in [3.8, 4) is 11.5 Å². The Hall–Kier alpha value is -1.22. The van der Waals surface area contributed by atoms with Crippen molar-refractivity contribution in [1.29, 1.82) is 0 Å². The van der Waals surface area contributed by atoms with Crippen LogP contribution in [0.15, 0.2) is 18.2 Å². The van der Waals surface area contributed by atoms with E-state index in [1.807, 2.05) is 12.1 Å². The molecule has 0 aliphatic carbocycles. The number of rotatable bonds is 5. The fourth-order valence-corrected chi connectivity index (χ4v) is 2.60. The summed E-state index contributed by atoms with van der Waals surface area (Å²) in [6.45, 7) is 11.7. The molecule has 0 radical (unpaired) electrons. The van der Waals surface area contributed by atoms with Gasteiger partial charge in [-0.15, -0.1) is 0 Å². The van der Waals surface area contributed by atoms with Crippen molar-refractivity contribution in [2.75, 3.05) is 7.11 Å². The highest BCUT2D eigenvalue weighted by Crippen LogP contribution is 2.31. The number of phenolic OH excluding ortho intramolecular Hbond substituents is 1. The summed E-state index contributed by atoms with van der Waals surface area (Å²) in [7, 11) is 1.57. The average Bonchev–Trinajstić information content (AvgIpc) is 2.24. The molecule has 108 valence electrons. The standard InChI is InChI=1S/C16H27NO2/c1-15(2,3)11-16(4,5)17-10-12-8-7-9-13(19-6)14(12)18/h7-9,17-18H,10-11H2,1-6H3. The normalized spacial score (nSPS) is 12.5. The second kappa shape index (κ2) is 5.83. The number of nitrogens with one attached hydrogen (secondary N) is 1. The van der Waals surface area contributed by atoms with Crippen molar-refractivity contribution in [2.45, 2.75) is 53.1 Å². The minimum atomic E-state index is 0.0216. The lowest BCUT2D eigenvalue weighted by atomic mass is 9.82. The van der Waals surface area contributed by atoms with Crippen LogP contribution in [0.3, 0.4) is 0 Å². The molecule has 0 atom stereocenters. The zero-order valence-electron chi connectivity index (χ0n) is 13.0. The molecule has 0 fully saturated rings. The van der Waals surface area contributed by atoms with Crippen molar-refractivity contribution >= 4 is 0 Å². The molecule has 0 amide bonds. The third kappa shape index (κ3) is 5.11. The Bertz CT molecular complexity index is 419. The largest absolute Gasteiger partial charge is 0.504 e. The van der Waals surface area contributed by atoms with Gasteiger partial charge in [-0.05, 0) is 31.7 Å². The maximum absolute atomic E-state index is 10.1. The molecule has 0 aliphatic heterocycles. The van der Waals surface area contributed by atoms with Crippen LogP contribution >= 0.6 is 0 Å². The van der Waals surface area contributed by atoms with Gasteiger partial charge in [0.25, 0.3) is 0 Å². The van der Waals surface area contributed by atoms with Crippen LogP contribution in [0, 0.1) is 5.41 Å². The third-order valence-electron chi connectivity index (χ3n) is 3.03. The number of para-hydroxylation sites is 1. The minimum Gasteiger partial charge on any atom is -0.504 e. The molecular formula is C16H27NO2. The van der Waals surface area contributed by atoms with Crippen molar-refractivity contribution in [3.63, 3.8) is 0 Å². The van der Waals surface area contributed by atoms with E-state index >= 15 is 0 Å². The van der Waals surface area contributed by atoms with Crippen molar-refractivity contribution in [3.05, 3.63) is 23.8 Å². The topological polar surface area (TPSA) is 41.5 Å². The maximum atomic E-state index is 10.1. The number of hydrogen-bond acceptors (Lipinski definition) is 3. The third-order valence-corrected chi connectivity index (χ3v) is 3.03. The summed E-state index contributed by atoms with van der Waals surface area (Å²) in [6.07, 6.45) is 1.06. The van der Waals surface area contributed by atoms with Gasteiger partial charge in [-0.25, -0.2) is 0 Å². The van der Waals surface area contributed by atoms with Crippen LogP contribution in [-0.2, 0) is 6.54 Å².